The maximum Gasteiger partial charge on any atom is 0.337 e. The van der Waals surface area contributed by atoms with Gasteiger partial charge in [0.15, 0.2) is 0 Å². The molecular weight excluding hydrogens is 220 g/mol. The molecule has 0 saturated heterocycles. The third-order valence-corrected chi connectivity index (χ3v) is 3.23. The number of hydrogen-bond donors (Lipinski definition) is 1. The summed E-state index contributed by atoms with van der Waals surface area (Å²) in [6.07, 6.45) is 4.11. The molecule has 2 heterocycles. The topological polar surface area (TPSA) is 87.0 Å². The van der Waals surface area contributed by atoms with E-state index >= 15 is 0 Å². The lowest BCUT2D eigenvalue weighted by Crippen LogP contribution is -2.36. The maximum atomic E-state index is 11.1. The minimum atomic E-state index is -3.37. The number of carboxylic acids is 1. The number of rotatable bonds is 1. The van der Waals surface area contributed by atoms with E-state index in [1.807, 2.05) is 0 Å². The SMILES string of the molecule is O=C(O)C1=CN2CCS(=O)(=O)N=C2C=C1. The Hall–Kier alpha value is -1.63. The van der Waals surface area contributed by atoms with E-state index in [0.29, 0.717) is 0 Å². The van der Waals surface area contributed by atoms with Crippen molar-refractivity contribution in [2.75, 3.05) is 12.3 Å². The van der Waals surface area contributed by atoms with Gasteiger partial charge in [0.1, 0.15) is 5.84 Å². The Morgan fingerprint density at radius 3 is 2.87 bits per heavy atom. The molecule has 2 rings (SSSR count). The standard InChI is InChI=1S/C8H8N2O4S/c11-8(12)6-1-2-7-9-15(13,14)4-3-10(7)5-6/h1-2,5H,3-4H2,(H,11,12). The highest BCUT2D eigenvalue weighted by Crippen LogP contribution is 2.15. The summed E-state index contributed by atoms with van der Waals surface area (Å²) in [5.41, 5.74) is 0.119. The number of carboxylic acid groups (broad SMARTS) is 1. The van der Waals surface area contributed by atoms with E-state index in [-0.39, 0.29) is 23.7 Å². The molecule has 7 heteroatoms. The summed E-state index contributed by atoms with van der Waals surface area (Å²) in [7, 11) is -3.37. The minimum Gasteiger partial charge on any atom is -0.478 e. The summed E-state index contributed by atoms with van der Waals surface area (Å²) in [5.74, 6) is -0.863. The lowest BCUT2D eigenvalue weighted by Gasteiger charge is -2.26. The molecule has 0 bridgehead atoms. The summed E-state index contributed by atoms with van der Waals surface area (Å²) in [4.78, 5) is 12.2. The Morgan fingerprint density at radius 1 is 1.47 bits per heavy atom. The highest BCUT2D eigenvalue weighted by molar-refractivity contribution is 7.90. The maximum absolute atomic E-state index is 11.1. The van der Waals surface area contributed by atoms with Crippen molar-refractivity contribution in [3.8, 4) is 0 Å². The summed E-state index contributed by atoms with van der Waals surface area (Å²) >= 11 is 0. The third-order valence-electron chi connectivity index (χ3n) is 2.07. The average molecular weight is 228 g/mol. The Kier molecular flexibility index (Phi) is 2.11. The van der Waals surface area contributed by atoms with E-state index in [2.05, 4.69) is 4.40 Å². The zero-order valence-electron chi connectivity index (χ0n) is 7.62. The molecular formula is C8H8N2O4S. The quantitative estimate of drug-likeness (QED) is 0.658. The second kappa shape index (κ2) is 3.20. The first-order valence-electron chi connectivity index (χ1n) is 4.20. The van der Waals surface area contributed by atoms with Crippen LogP contribution in [0.5, 0.6) is 0 Å². The van der Waals surface area contributed by atoms with Gasteiger partial charge in [-0.15, -0.1) is 4.40 Å². The lowest BCUT2D eigenvalue weighted by molar-refractivity contribution is -0.132. The summed E-state index contributed by atoms with van der Waals surface area (Å²) in [5, 5.41) is 8.73. The first kappa shape index (κ1) is 9.91. The molecule has 0 radical (unpaired) electrons. The minimum absolute atomic E-state index is 0.0895. The van der Waals surface area contributed by atoms with Gasteiger partial charge in [-0.05, 0) is 12.2 Å². The molecule has 0 aliphatic carbocycles. The van der Waals surface area contributed by atoms with Crippen LogP contribution in [0.4, 0.5) is 0 Å². The summed E-state index contributed by atoms with van der Waals surface area (Å²) in [6, 6.07) is 0. The lowest BCUT2D eigenvalue weighted by atomic mass is 10.2. The van der Waals surface area contributed by atoms with Gasteiger partial charge >= 0.3 is 5.97 Å². The molecule has 2 aliphatic heterocycles. The predicted octanol–water partition coefficient (Wildman–Crippen LogP) is -0.431. The van der Waals surface area contributed by atoms with Crippen molar-refractivity contribution >= 4 is 21.8 Å². The predicted molar refractivity (Wildman–Crippen MR) is 52.8 cm³/mol. The van der Waals surface area contributed by atoms with Crippen molar-refractivity contribution in [1.29, 1.82) is 0 Å². The Balaban J connectivity index is 2.38. The van der Waals surface area contributed by atoms with Gasteiger partial charge in [0, 0.05) is 12.7 Å². The molecule has 2 aliphatic rings. The molecule has 0 spiro atoms. The van der Waals surface area contributed by atoms with Crippen LogP contribution in [0.3, 0.4) is 0 Å². The van der Waals surface area contributed by atoms with E-state index in [0.717, 1.165) is 0 Å². The molecule has 0 fully saturated rings. The van der Waals surface area contributed by atoms with Crippen molar-refractivity contribution in [2.24, 2.45) is 4.40 Å². The smallest absolute Gasteiger partial charge is 0.337 e. The fourth-order valence-electron chi connectivity index (χ4n) is 1.33. The molecule has 80 valence electrons. The summed E-state index contributed by atoms with van der Waals surface area (Å²) in [6.45, 7) is 0.238. The van der Waals surface area contributed by atoms with E-state index in [1.165, 1.54) is 23.3 Å². The highest BCUT2D eigenvalue weighted by Gasteiger charge is 2.24. The second-order valence-electron chi connectivity index (χ2n) is 3.15. The fraction of sp³-hybridized carbons (Fsp3) is 0.250. The number of amidine groups is 1. The van der Waals surface area contributed by atoms with Gasteiger partial charge in [0.05, 0.1) is 11.3 Å². The van der Waals surface area contributed by atoms with E-state index in [9.17, 15) is 13.2 Å². The molecule has 0 aromatic rings. The van der Waals surface area contributed by atoms with Gasteiger partial charge in [-0.3, -0.25) is 0 Å². The zero-order valence-corrected chi connectivity index (χ0v) is 8.44. The van der Waals surface area contributed by atoms with Crippen LogP contribution < -0.4 is 0 Å². The Bertz CT molecular complexity index is 501. The van der Waals surface area contributed by atoms with Gasteiger partial charge in [0.2, 0.25) is 0 Å². The molecule has 0 amide bonds. The highest BCUT2D eigenvalue weighted by atomic mass is 32.2. The van der Waals surface area contributed by atoms with Gasteiger partial charge in [-0.2, -0.15) is 0 Å². The molecule has 0 unspecified atom stereocenters. The first-order chi connectivity index (χ1) is 6.98. The van der Waals surface area contributed by atoms with Crippen LogP contribution in [0.1, 0.15) is 0 Å². The van der Waals surface area contributed by atoms with Gasteiger partial charge in [0.25, 0.3) is 10.0 Å². The van der Waals surface area contributed by atoms with Crippen molar-refractivity contribution in [3.05, 3.63) is 23.9 Å². The Morgan fingerprint density at radius 2 is 2.20 bits per heavy atom. The number of sulfonamides is 1. The van der Waals surface area contributed by atoms with Gasteiger partial charge < -0.3 is 10.0 Å². The number of hydrogen-bond acceptors (Lipinski definition) is 4. The average Bonchev–Trinajstić information content (AvgIpc) is 2.15. The normalized spacial score (nSPS) is 22.8. The van der Waals surface area contributed by atoms with Crippen LogP contribution in [0.15, 0.2) is 28.3 Å². The van der Waals surface area contributed by atoms with Crippen LogP contribution in [0, 0.1) is 0 Å². The fourth-order valence-corrected chi connectivity index (χ4v) is 2.30. The number of nitrogens with zero attached hydrogens (tertiary/aromatic N) is 2. The van der Waals surface area contributed by atoms with Gasteiger partial charge in [-0.1, -0.05) is 0 Å². The van der Waals surface area contributed by atoms with Crippen LogP contribution in [-0.4, -0.2) is 42.5 Å². The third kappa shape index (κ3) is 1.91. The van der Waals surface area contributed by atoms with Gasteiger partial charge in [-0.25, -0.2) is 13.2 Å². The van der Waals surface area contributed by atoms with Crippen molar-refractivity contribution < 1.29 is 18.3 Å². The van der Waals surface area contributed by atoms with E-state index < -0.39 is 16.0 Å². The molecule has 0 saturated carbocycles. The molecule has 0 aromatic heterocycles. The molecule has 1 N–H and O–H groups in total. The second-order valence-corrected chi connectivity index (χ2v) is 4.91. The largest absolute Gasteiger partial charge is 0.478 e. The number of carbonyl (C=O) groups is 1. The van der Waals surface area contributed by atoms with Crippen LogP contribution in [0.25, 0.3) is 0 Å². The molecule has 0 aromatic carbocycles. The molecule has 0 atom stereocenters. The van der Waals surface area contributed by atoms with Crippen LogP contribution in [-0.2, 0) is 14.8 Å². The monoisotopic (exact) mass is 228 g/mol. The summed E-state index contributed by atoms with van der Waals surface area (Å²) < 4.78 is 25.8. The molecule has 15 heavy (non-hydrogen) atoms. The van der Waals surface area contributed by atoms with Crippen LogP contribution >= 0.6 is 0 Å². The molecule has 6 nitrogen and oxygen atoms in total. The van der Waals surface area contributed by atoms with Crippen molar-refractivity contribution in [1.82, 2.24) is 4.90 Å². The zero-order chi connectivity index (χ0) is 11.1. The number of aliphatic carboxylic acids is 1. The Labute approximate surface area is 86.3 Å². The first-order valence-corrected chi connectivity index (χ1v) is 5.81. The number of fused-ring (bicyclic) bond motifs is 1. The van der Waals surface area contributed by atoms with E-state index in [4.69, 9.17) is 5.11 Å². The van der Waals surface area contributed by atoms with Crippen molar-refractivity contribution in [3.63, 3.8) is 0 Å². The van der Waals surface area contributed by atoms with Crippen molar-refractivity contribution in [2.45, 2.75) is 0 Å². The van der Waals surface area contributed by atoms with Crippen LogP contribution in [0.2, 0.25) is 0 Å². The van der Waals surface area contributed by atoms with E-state index in [1.54, 1.807) is 0 Å².